The third kappa shape index (κ3) is 5.12. The quantitative estimate of drug-likeness (QED) is 0.337. The summed E-state index contributed by atoms with van der Waals surface area (Å²) < 4.78 is 1.82. The van der Waals surface area contributed by atoms with Gasteiger partial charge in [-0.15, -0.1) is 10.2 Å². The van der Waals surface area contributed by atoms with Crippen molar-refractivity contribution >= 4 is 29.0 Å². The maximum atomic E-state index is 12.4. The number of aromatic nitrogens is 3. The number of nitro groups is 1. The van der Waals surface area contributed by atoms with Crippen molar-refractivity contribution in [2.45, 2.75) is 31.3 Å². The van der Waals surface area contributed by atoms with E-state index < -0.39 is 4.92 Å². The number of carbonyl (C=O) groups is 1. The van der Waals surface area contributed by atoms with Crippen LogP contribution in [0.3, 0.4) is 0 Å². The van der Waals surface area contributed by atoms with E-state index in [1.165, 1.54) is 29.5 Å². The Labute approximate surface area is 189 Å². The third-order valence-corrected chi connectivity index (χ3v) is 5.81. The highest BCUT2D eigenvalue weighted by atomic mass is 32.2. The van der Waals surface area contributed by atoms with Gasteiger partial charge in [0.15, 0.2) is 11.0 Å². The summed E-state index contributed by atoms with van der Waals surface area (Å²) in [5.74, 6) is 0.367. The number of nitriles is 1. The number of hydrogen-bond donors (Lipinski definition) is 1. The fourth-order valence-corrected chi connectivity index (χ4v) is 3.69. The molecule has 0 radical (unpaired) electrons. The molecule has 1 N–H and O–H groups in total. The third-order valence-electron chi connectivity index (χ3n) is 4.78. The number of non-ortho nitro benzene ring substituents is 1. The van der Waals surface area contributed by atoms with Gasteiger partial charge in [0.05, 0.1) is 21.9 Å². The lowest BCUT2D eigenvalue weighted by Crippen LogP contribution is -2.15. The number of nitro benzene ring substituents is 1. The SMILES string of the molecule is Cn1c(SCC(=O)Nc2ccc([N+](=O)[O-])cc2C#N)nnc1-c1ccc(C(C)(C)C)cc1. The van der Waals surface area contributed by atoms with E-state index in [1.54, 1.807) is 0 Å². The molecule has 0 unspecified atom stereocenters. The first-order valence-electron chi connectivity index (χ1n) is 9.71. The number of hydrogen-bond acceptors (Lipinski definition) is 7. The zero-order valence-electron chi connectivity index (χ0n) is 18.1. The Hall–Kier alpha value is -3.71. The van der Waals surface area contributed by atoms with Crippen LogP contribution in [0.5, 0.6) is 0 Å². The first-order valence-corrected chi connectivity index (χ1v) is 10.7. The topological polar surface area (TPSA) is 127 Å². The Morgan fingerprint density at radius 3 is 2.50 bits per heavy atom. The fraction of sp³-hybridized carbons (Fsp3) is 0.273. The van der Waals surface area contributed by atoms with Gasteiger partial charge in [-0.2, -0.15) is 5.26 Å². The Morgan fingerprint density at radius 2 is 1.91 bits per heavy atom. The monoisotopic (exact) mass is 450 g/mol. The van der Waals surface area contributed by atoms with Crippen molar-refractivity contribution in [1.29, 1.82) is 5.26 Å². The van der Waals surface area contributed by atoms with Crippen LogP contribution in [0.2, 0.25) is 0 Å². The first-order chi connectivity index (χ1) is 15.1. The number of nitrogens with zero attached hydrogens (tertiary/aromatic N) is 5. The van der Waals surface area contributed by atoms with Crippen LogP contribution in [0, 0.1) is 21.4 Å². The molecule has 0 atom stereocenters. The lowest BCUT2D eigenvalue weighted by Gasteiger charge is -2.19. The Kier molecular flexibility index (Phi) is 6.60. The summed E-state index contributed by atoms with van der Waals surface area (Å²) >= 11 is 1.20. The first kappa shape index (κ1) is 23.0. The highest BCUT2D eigenvalue weighted by molar-refractivity contribution is 7.99. The van der Waals surface area contributed by atoms with E-state index in [-0.39, 0.29) is 34.0 Å². The second-order valence-electron chi connectivity index (χ2n) is 8.13. The van der Waals surface area contributed by atoms with Gasteiger partial charge in [0.25, 0.3) is 5.69 Å². The van der Waals surface area contributed by atoms with Crippen LogP contribution in [0.25, 0.3) is 11.4 Å². The smallest absolute Gasteiger partial charge is 0.270 e. The van der Waals surface area contributed by atoms with Gasteiger partial charge in [-0.1, -0.05) is 56.8 Å². The zero-order valence-corrected chi connectivity index (χ0v) is 18.9. The van der Waals surface area contributed by atoms with Crippen LogP contribution in [0.4, 0.5) is 11.4 Å². The summed E-state index contributed by atoms with van der Waals surface area (Å²) in [5, 5.41) is 31.7. The molecule has 0 saturated heterocycles. The number of amides is 1. The standard InChI is InChI=1S/C22H22N6O3S/c1-22(2,3)16-7-5-14(6-8-16)20-25-26-21(27(20)4)32-13-19(29)24-18-10-9-17(28(30)31)11-15(18)12-23/h5-11H,13H2,1-4H3,(H,24,29). The molecule has 1 heterocycles. The van der Waals surface area contributed by atoms with E-state index in [9.17, 15) is 20.2 Å². The van der Waals surface area contributed by atoms with E-state index in [0.29, 0.717) is 11.0 Å². The summed E-state index contributed by atoms with van der Waals surface area (Å²) in [6.07, 6.45) is 0. The van der Waals surface area contributed by atoms with Crippen LogP contribution >= 0.6 is 11.8 Å². The fourth-order valence-electron chi connectivity index (χ4n) is 2.97. The molecule has 0 aliphatic rings. The zero-order chi connectivity index (χ0) is 23.5. The molecule has 0 bridgehead atoms. The molecule has 0 aliphatic carbocycles. The minimum Gasteiger partial charge on any atom is -0.324 e. The highest BCUT2D eigenvalue weighted by Gasteiger charge is 2.17. The van der Waals surface area contributed by atoms with Crippen molar-refractivity contribution < 1.29 is 9.72 Å². The van der Waals surface area contributed by atoms with Crippen LogP contribution in [0.15, 0.2) is 47.6 Å². The number of rotatable bonds is 6. The summed E-state index contributed by atoms with van der Waals surface area (Å²) in [4.78, 5) is 22.6. The minimum absolute atomic E-state index is 0.0252. The number of nitrogens with one attached hydrogen (secondary N) is 1. The molecule has 10 heteroatoms. The Balaban J connectivity index is 1.67. The van der Waals surface area contributed by atoms with Crippen LogP contribution in [-0.2, 0) is 17.3 Å². The maximum absolute atomic E-state index is 12.4. The second kappa shape index (κ2) is 9.20. The molecule has 3 rings (SSSR count). The number of anilines is 1. The van der Waals surface area contributed by atoms with Crippen molar-refractivity contribution in [3.63, 3.8) is 0 Å². The average Bonchev–Trinajstić information content (AvgIpc) is 3.12. The number of carbonyl (C=O) groups excluding carboxylic acids is 1. The highest BCUT2D eigenvalue weighted by Crippen LogP contribution is 2.27. The molecule has 0 saturated carbocycles. The molecule has 1 amide bonds. The molecule has 9 nitrogen and oxygen atoms in total. The summed E-state index contributed by atoms with van der Waals surface area (Å²) in [5.41, 5.74) is 2.24. The molecule has 32 heavy (non-hydrogen) atoms. The van der Waals surface area contributed by atoms with Gasteiger partial charge >= 0.3 is 0 Å². The van der Waals surface area contributed by atoms with Gasteiger partial charge in [0.2, 0.25) is 5.91 Å². The van der Waals surface area contributed by atoms with E-state index in [0.717, 1.165) is 11.6 Å². The molecular weight excluding hydrogens is 428 g/mol. The van der Waals surface area contributed by atoms with Crippen molar-refractivity contribution in [2.24, 2.45) is 7.05 Å². The molecule has 0 spiro atoms. The van der Waals surface area contributed by atoms with E-state index in [2.05, 4.69) is 48.4 Å². The van der Waals surface area contributed by atoms with Crippen molar-refractivity contribution in [2.75, 3.05) is 11.1 Å². The lowest BCUT2D eigenvalue weighted by atomic mass is 9.87. The molecular formula is C22H22N6O3S. The molecule has 2 aromatic carbocycles. The van der Waals surface area contributed by atoms with Crippen LogP contribution in [-0.4, -0.2) is 31.3 Å². The molecule has 164 valence electrons. The summed E-state index contributed by atoms with van der Waals surface area (Å²) in [6.45, 7) is 6.46. The van der Waals surface area contributed by atoms with Crippen molar-refractivity contribution in [3.8, 4) is 17.5 Å². The van der Waals surface area contributed by atoms with E-state index in [1.807, 2.05) is 29.8 Å². The summed E-state index contributed by atoms with van der Waals surface area (Å²) in [6, 6.07) is 13.7. The predicted molar refractivity (Wildman–Crippen MR) is 122 cm³/mol. The second-order valence-corrected chi connectivity index (χ2v) is 9.07. The van der Waals surface area contributed by atoms with Gasteiger partial charge in [0.1, 0.15) is 6.07 Å². The lowest BCUT2D eigenvalue weighted by molar-refractivity contribution is -0.384. The normalized spacial score (nSPS) is 11.1. The average molecular weight is 451 g/mol. The summed E-state index contributed by atoms with van der Waals surface area (Å²) in [7, 11) is 1.83. The number of thioether (sulfide) groups is 1. The van der Waals surface area contributed by atoms with Gasteiger partial charge < -0.3 is 9.88 Å². The molecule has 0 fully saturated rings. The van der Waals surface area contributed by atoms with Gasteiger partial charge in [-0.05, 0) is 17.0 Å². The van der Waals surface area contributed by atoms with Gasteiger partial charge in [0, 0.05) is 24.7 Å². The van der Waals surface area contributed by atoms with E-state index >= 15 is 0 Å². The van der Waals surface area contributed by atoms with Crippen molar-refractivity contribution in [3.05, 3.63) is 63.7 Å². The Morgan fingerprint density at radius 1 is 1.22 bits per heavy atom. The van der Waals surface area contributed by atoms with Gasteiger partial charge in [-0.25, -0.2) is 0 Å². The number of benzene rings is 2. The van der Waals surface area contributed by atoms with Crippen LogP contribution in [0.1, 0.15) is 31.9 Å². The van der Waals surface area contributed by atoms with Gasteiger partial charge in [-0.3, -0.25) is 14.9 Å². The maximum Gasteiger partial charge on any atom is 0.270 e. The van der Waals surface area contributed by atoms with Crippen molar-refractivity contribution in [1.82, 2.24) is 14.8 Å². The Bertz CT molecular complexity index is 1210. The molecule has 0 aliphatic heterocycles. The van der Waals surface area contributed by atoms with Crippen LogP contribution < -0.4 is 5.32 Å². The molecule has 1 aromatic heterocycles. The largest absolute Gasteiger partial charge is 0.324 e. The minimum atomic E-state index is -0.593. The predicted octanol–water partition coefficient (Wildman–Crippen LogP) is 4.29. The van der Waals surface area contributed by atoms with E-state index in [4.69, 9.17) is 0 Å². The molecule has 3 aromatic rings.